The molecule has 0 unspecified atom stereocenters. The zero-order chi connectivity index (χ0) is 14.8. The van der Waals surface area contributed by atoms with Gasteiger partial charge < -0.3 is 15.5 Å². The molecule has 0 atom stereocenters. The molecular formula is C17H24N4. The van der Waals surface area contributed by atoms with Crippen LogP contribution < -0.4 is 10.6 Å². The Morgan fingerprint density at radius 2 is 2.00 bits per heavy atom. The molecule has 1 aromatic heterocycles. The molecule has 0 saturated carbocycles. The molecule has 1 saturated heterocycles. The Balaban J connectivity index is 1.88. The van der Waals surface area contributed by atoms with Crippen molar-refractivity contribution in [1.29, 1.82) is 0 Å². The van der Waals surface area contributed by atoms with Gasteiger partial charge in [-0.25, -0.2) is 0 Å². The Kier molecular flexibility index (Phi) is 3.97. The molecule has 3 rings (SSSR count). The minimum Gasteiger partial charge on any atom is -0.398 e. The van der Waals surface area contributed by atoms with E-state index in [9.17, 15) is 0 Å². The number of nitrogens with zero attached hydrogens (tertiary/aromatic N) is 3. The van der Waals surface area contributed by atoms with Crippen molar-refractivity contribution in [3.8, 4) is 0 Å². The minimum atomic E-state index is 0.604. The molecule has 1 fully saturated rings. The summed E-state index contributed by atoms with van der Waals surface area (Å²) in [6, 6.07) is 6.81. The van der Waals surface area contributed by atoms with Crippen LogP contribution in [0.1, 0.15) is 19.8 Å². The number of nitrogens with two attached hydrogens (primary N) is 1. The molecule has 1 aliphatic rings. The van der Waals surface area contributed by atoms with Crippen LogP contribution in [0.3, 0.4) is 0 Å². The van der Waals surface area contributed by atoms with Crippen LogP contribution in [-0.2, 0) is 0 Å². The van der Waals surface area contributed by atoms with Gasteiger partial charge in [0.25, 0.3) is 0 Å². The van der Waals surface area contributed by atoms with Crippen LogP contribution >= 0.6 is 0 Å². The molecular weight excluding hydrogens is 260 g/mol. The number of piperidine rings is 1. The van der Waals surface area contributed by atoms with Crippen LogP contribution in [0.5, 0.6) is 0 Å². The monoisotopic (exact) mass is 284 g/mol. The Labute approximate surface area is 126 Å². The number of anilines is 2. The van der Waals surface area contributed by atoms with Gasteiger partial charge in [-0.3, -0.25) is 4.98 Å². The highest BCUT2D eigenvalue weighted by Gasteiger charge is 2.22. The summed E-state index contributed by atoms with van der Waals surface area (Å²) in [7, 11) is 2.21. The number of aromatic nitrogens is 1. The van der Waals surface area contributed by atoms with E-state index in [0.29, 0.717) is 6.04 Å². The van der Waals surface area contributed by atoms with Gasteiger partial charge in [-0.05, 0) is 37.6 Å². The van der Waals surface area contributed by atoms with E-state index < -0.39 is 0 Å². The van der Waals surface area contributed by atoms with Gasteiger partial charge in [0.05, 0.1) is 0 Å². The van der Waals surface area contributed by atoms with Crippen molar-refractivity contribution < 1.29 is 0 Å². The fourth-order valence-electron chi connectivity index (χ4n) is 3.32. The molecule has 0 amide bonds. The lowest BCUT2D eigenvalue weighted by Gasteiger charge is -2.38. The molecule has 0 bridgehead atoms. The standard InChI is InChI=1S/C17H24N4/c1-3-21-10-7-13(8-11-21)20(2)17-5-4-16(18)15-12-19-9-6-14(15)17/h4-6,9,12-13H,3,7-8,10-11,18H2,1-2H3. The molecule has 2 heterocycles. The van der Waals surface area contributed by atoms with Gasteiger partial charge in [-0.15, -0.1) is 0 Å². The van der Waals surface area contributed by atoms with E-state index in [0.717, 1.165) is 17.6 Å². The van der Waals surface area contributed by atoms with E-state index >= 15 is 0 Å². The van der Waals surface area contributed by atoms with Crippen molar-refractivity contribution >= 4 is 22.1 Å². The van der Waals surface area contributed by atoms with Crippen molar-refractivity contribution in [3.63, 3.8) is 0 Å². The fraction of sp³-hybridized carbons (Fsp3) is 0.471. The number of pyridine rings is 1. The average molecular weight is 284 g/mol. The van der Waals surface area contributed by atoms with Crippen LogP contribution in [0.25, 0.3) is 10.8 Å². The Morgan fingerprint density at radius 1 is 1.24 bits per heavy atom. The zero-order valence-electron chi connectivity index (χ0n) is 12.9. The molecule has 0 radical (unpaired) electrons. The smallest absolute Gasteiger partial charge is 0.0448 e. The second kappa shape index (κ2) is 5.90. The number of hydrogen-bond acceptors (Lipinski definition) is 4. The third-order valence-electron chi connectivity index (χ3n) is 4.76. The highest BCUT2D eigenvalue weighted by Crippen LogP contribution is 2.32. The summed E-state index contributed by atoms with van der Waals surface area (Å²) >= 11 is 0. The second-order valence-corrected chi connectivity index (χ2v) is 5.87. The second-order valence-electron chi connectivity index (χ2n) is 5.87. The highest BCUT2D eigenvalue weighted by molar-refractivity contribution is 6.00. The molecule has 21 heavy (non-hydrogen) atoms. The molecule has 4 heteroatoms. The van der Waals surface area contributed by atoms with Crippen LogP contribution in [0.4, 0.5) is 11.4 Å². The molecule has 2 aromatic rings. The van der Waals surface area contributed by atoms with Crippen LogP contribution in [0.2, 0.25) is 0 Å². The number of rotatable bonds is 3. The maximum absolute atomic E-state index is 6.07. The number of likely N-dealkylation sites (tertiary alicyclic amines) is 1. The minimum absolute atomic E-state index is 0.604. The van der Waals surface area contributed by atoms with Crippen molar-refractivity contribution in [1.82, 2.24) is 9.88 Å². The topological polar surface area (TPSA) is 45.4 Å². The van der Waals surface area contributed by atoms with Gasteiger partial charge in [-0.2, -0.15) is 0 Å². The highest BCUT2D eigenvalue weighted by atomic mass is 15.2. The lowest BCUT2D eigenvalue weighted by atomic mass is 10.0. The van der Waals surface area contributed by atoms with Crippen molar-refractivity contribution in [3.05, 3.63) is 30.6 Å². The molecule has 0 aliphatic carbocycles. The van der Waals surface area contributed by atoms with E-state index in [1.807, 2.05) is 18.5 Å². The predicted molar refractivity (Wildman–Crippen MR) is 89.7 cm³/mol. The summed E-state index contributed by atoms with van der Waals surface area (Å²) in [5.41, 5.74) is 8.14. The van der Waals surface area contributed by atoms with Gasteiger partial charge in [0.15, 0.2) is 0 Å². The number of hydrogen-bond donors (Lipinski definition) is 1. The molecule has 0 spiro atoms. The quantitative estimate of drug-likeness (QED) is 0.880. The van der Waals surface area contributed by atoms with Crippen molar-refractivity contribution in [2.75, 3.05) is 37.3 Å². The summed E-state index contributed by atoms with van der Waals surface area (Å²) in [4.78, 5) is 9.15. The third-order valence-corrected chi connectivity index (χ3v) is 4.76. The van der Waals surface area contributed by atoms with E-state index in [1.54, 1.807) is 0 Å². The summed E-state index contributed by atoms with van der Waals surface area (Å²) in [6.45, 7) is 5.79. The normalized spacial score (nSPS) is 17.2. The first-order valence-corrected chi connectivity index (χ1v) is 7.78. The lowest BCUT2D eigenvalue weighted by Crippen LogP contribution is -2.43. The summed E-state index contributed by atoms with van der Waals surface area (Å²) in [5.74, 6) is 0. The van der Waals surface area contributed by atoms with Gasteiger partial charge in [0.1, 0.15) is 0 Å². The Morgan fingerprint density at radius 3 is 2.71 bits per heavy atom. The van der Waals surface area contributed by atoms with Crippen molar-refractivity contribution in [2.24, 2.45) is 0 Å². The maximum atomic E-state index is 6.07. The number of fused-ring (bicyclic) bond motifs is 1. The molecule has 4 nitrogen and oxygen atoms in total. The first kappa shape index (κ1) is 14.1. The van der Waals surface area contributed by atoms with Gasteiger partial charge in [0.2, 0.25) is 0 Å². The SMILES string of the molecule is CCN1CCC(N(C)c2ccc(N)c3cnccc23)CC1. The Bertz CT molecular complexity index is 617. The Hall–Kier alpha value is -1.81. The molecule has 2 N–H and O–H groups in total. The summed E-state index contributed by atoms with van der Waals surface area (Å²) in [5, 5.41) is 2.25. The molecule has 1 aliphatic heterocycles. The van der Waals surface area contributed by atoms with E-state index in [1.165, 1.54) is 37.0 Å². The van der Waals surface area contributed by atoms with Crippen LogP contribution in [-0.4, -0.2) is 42.6 Å². The van der Waals surface area contributed by atoms with Crippen LogP contribution in [0, 0.1) is 0 Å². The summed E-state index contributed by atoms with van der Waals surface area (Å²) < 4.78 is 0. The lowest BCUT2D eigenvalue weighted by molar-refractivity contribution is 0.221. The van der Waals surface area contributed by atoms with Gasteiger partial charge >= 0.3 is 0 Å². The zero-order valence-corrected chi connectivity index (χ0v) is 12.9. The van der Waals surface area contributed by atoms with E-state index in [-0.39, 0.29) is 0 Å². The van der Waals surface area contributed by atoms with E-state index in [4.69, 9.17) is 5.73 Å². The largest absolute Gasteiger partial charge is 0.398 e. The van der Waals surface area contributed by atoms with Gasteiger partial charge in [0, 0.05) is 60.7 Å². The first-order valence-electron chi connectivity index (χ1n) is 7.78. The predicted octanol–water partition coefficient (Wildman–Crippen LogP) is 2.74. The van der Waals surface area contributed by atoms with Crippen LogP contribution in [0.15, 0.2) is 30.6 Å². The fourth-order valence-corrected chi connectivity index (χ4v) is 3.32. The van der Waals surface area contributed by atoms with Crippen molar-refractivity contribution in [2.45, 2.75) is 25.8 Å². The third kappa shape index (κ3) is 2.68. The maximum Gasteiger partial charge on any atom is 0.0448 e. The molecule has 1 aromatic carbocycles. The average Bonchev–Trinajstić information content (AvgIpc) is 2.55. The van der Waals surface area contributed by atoms with Gasteiger partial charge in [-0.1, -0.05) is 6.92 Å². The van der Waals surface area contributed by atoms with E-state index in [2.05, 4.69) is 40.9 Å². The summed E-state index contributed by atoms with van der Waals surface area (Å²) in [6.07, 6.45) is 6.16. The molecule has 112 valence electrons. The first-order chi connectivity index (χ1) is 10.2. The number of nitrogen functional groups attached to an aromatic ring is 1. The number of benzene rings is 1.